The van der Waals surface area contributed by atoms with E-state index in [2.05, 4.69) is 0 Å². The van der Waals surface area contributed by atoms with Gasteiger partial charge in [-0.3, -0.25) is 4.79 Å². The largest absolute Gasteiger partial charge is 0.288 e. The Balaban J connectivity index is 2.10. The molecule has 0 saturated carbocycles. The van der Waals surface area contributed by atoms with Gasteiger partial charge in [-0.15, -0.1) is 0 Å². The third kappa shape index (κ3) is 2.88. The lowest BCUT2D eigenvalue weighted by Gasteiger charge is -2.04. The molecule has 0 fully saturated rings. The first-order valence-corrected chi connectivity index (χ1v) is 7.09. The van der Waals surface area contributed by atoms with E-state index < -0.39 is 11.6 Å². The van der Waals surface area contributed by atoms with Gasteiger partial charge < -0.3 is 0 Å². The summed E-state index contributed by atoms with van der Waals surface area (Å²) in [5.74, 6) is -1.24. The smallest absolute Gasteiger partial charge is 0.206 e. The second-order valence-corrected chi connectivity index (χ2v) is 5.05. The molecule has 0 amide bonds. The first-order valence-electron chi connectivity index (χ1n) is 7.09. The van der Waals surface area contributed by atoms with Gasteiger partial charge in [0.25, 0.3) is 0 Å². The van der Waals surface area contributed by atoms with E-state index in [1.54, 1.807) is 6.07 Å². The van der Waals surface area contributed by atoms with Crippen LogP contribution in [-0.2, 0) is 0 Å². The van der Waals surface area contributed by atoms with Gasteiger partial charge in [-0.05, 0) is 34.5 Å². The maximum atomic E-state index is 13.8. The lowest BCUT2D eigenvalue weighted by molar-refractivity contribution is 0.103. The monoisotopic (exact) mass is 301 g/mol. The SMILES string of the molecule is N#C/C(=C\c1cccc2ccccc12)C(=O)c1ccccc1F. The average Bonchev–Trinajstić information content (AvgIpc) is 2.59. The molecular formula is C20H12FNO. The van der Waals surface area contributed by atoms with Crippen LogP contribution in [0, 0.1) is 17.1 Å². The van der Waals surface area contributed by atoms with Gasteiger partial charge in [-0.1, -0.05) is 54.6 Å². The standard InChI is InChI=1S/C20H12FNO/c21-19-11-4-3-10-18(19)20(23)16(13-22)12-15-8-5-7-14-6-1-2-9-17(14)15/h1-12H/b16-12+. The Labute approximate surface area is 133 Å². The highest BCUT2D eigenvalue weighted by atomic mass is 19.1. The summed E-state index contributed by atoms with van der Waals surface area (Å²) in [5.41, 5.74) is 0.566. The number of carbonyl (C=O) groups excluding carboxylic acids is 1. The molecule has 0 unspecified atom stereocenters. The Morgan fingerprint density at radius 2 is 1.65 bits per heavy atom. The molecule has 0 bridgehead atoms. The molecule has 3 aromatic carbocycles. The molecule has 0 N–H and O–H groups in total. The zero-order valence-electron chi connectivity index (χ0n) is 12.2. The quantitative estimate of drug-likeness (QED) is 0.397. The van der Waals surface area contributed by atoms with Crippen LogP contribution in [-0.4, -0.2) is 5.78 Å². The third-order valence-electron chi connectivity index (χ3n) is 3.61. The molecule has 0 aliphatic heterocycles. The van der Waals surface area contributed by atoms with Crippen molar-refractivity contribution in [2.45, 2.75) is 0 Å². The van der Waals surface area contributed by atoms with E-state index in [9.17, 15) is 14.4 Å². The topological polar surface area (TPSA) is 40.9 Å². The number of nitrogens with zero attached hydrogens (tertiary/aromatic N) is 1. The summed E-state index contributed by atoms with van der Waals surface area (Å²) < 4.78 is 13.8. The summed E-state index contributed by atoms with van der Waals surface area (Å²) in [6.07, 6.45) is 1.51. The van der Waals surface area contributed by atoms with E-state index in [0.29, 0.717) is 0 Å². The fourth-order valence-corrected chi connectivity index (χ4v) is 2.47. The van der Waals surface area contributed by atoms with Gasteiger partial charge in [0.2, 0.25) is 5.78 Å². The Morgan fingerprint density at radius 1 is 0.957 bits per heavy atom. The molecule has 0 radical (unpaired) electrons. The van der Waals surface area contributed by atoms with Crippen molar-refractivity contribution >= 4 is 22.6 Å². The Bertz CT molecular complexity index is 961. The number of benzene rings is 3. The van der Waals surface area contributed by atoms with Crippen LogP contribution in [0.15, 0.2) is 72.3 Å². The number of Topliss-reactive ketones (excluding diaryl/α,β-unsaturated/α-hetero) is 1. The summed E-state index contributed by atoms with van der Waals surface area (Å²) in [4.78, 5) is 12.4. The van der Waals surface area contributed by atoms with E-state index in [0.717, 1.165) is 16.3 Å². The summed E-state index contributed by atoms with van der Waals surface area (Å²) in [5, 5.41) is 11.3. The molecule has 0 aromatic heterocycles. The Morgan fingerprint density at radius 3 is 2.43 bits per heavy atom. The molecule has 110 valence electrons. The molecule has 3 rings (SSSR count). The number of halogens is 1. The van der Waals surface area contributed by atoms with E-state index >= 15 is 0 Å². The van der Waals surface area contributed by atoms with Crippen LogP contribution < -0.4 is 0 Å². The van der Waals surface area contributed by atoms with Crippen LogP contribution in [0.25, 0.3) is 16.8 Å². The van der Waals surface area contributed by atoms with Crippen LogP contribution in [0.4, 0.5) is 4.39 Å². The number of nitriles is 1. The van der Waals surface area contributed by atoms with Crippen molar-refractivity contribution in [3.63, 3.8) is 0 Å². The molecule has 0 aliphatic carbocycles. The van der Waals surface area contributed by atoms with Gasteiger partial charge in [-0.25, -0.2) is 4.39 Å². The van der Waals surface area contributed by atoms with Gasteiger partial charge in [0.1, 0.15) is 17.5 Å². The van der Waals surface area contributed by atoms with Gasteiger partial charge in [-0.2, -0.15) is 5.26 Å². The maximum absolute atomic E-state index is 13.8. The first kappa shape index (κ1) is 14.7. The lowest BCUT2D eigenvalue weighted by Crippen LogP contribution is -2.04. The molecule has 3 heteroatoms. The van der Waals surface area contributed by atoms with Crippen LogP contribution in [0.3, 0.4) is 0 Å². The van der Waals surface area contributed by atoms with Gasteiger partial charge in [0, 0.05) is 0 Å². The van der Waals surface area contributed by atoms with Gasteiger partial charge in [0.15, 0.2) is 0 Å². The molecule has 0 heterocycles. The number of hydrogen-bond donors (Lipinski definition) is 0. The molecule has 0 aliphatic rings. The van der Waals surface area contributed by atoms with Crippen LogP contribution in [0.2, 0.25) is 0 Å². The summed E-state index contributed by atoms with van der Waals surface area (Å²) in [6, 6.07) is 20.9. The zero-order chi connectivity index (χ0) is 16.2. The summed E-state index contributed by atoms with van der Waals surface area (Å²) in [6.45, 7) is 0. The van der Waals surface area contributed by atoms with Crippen molar-refractivity contribution < 1.29 is 9.18 Å². The van der Waals surface area contributed by atoms with Crippen molar-refractivity contribution in [2.75, 3.05) is 0 Å². The minimum absolute atomic E-state index is 0.0912. The minimum Gasteiger partial charge on any atom is -0.288 e. The average molecular weight is 301 g/mol. The van der Waals surface area contributed by atoms with Crippen molar-refractivity contribution in [3.05, 3.63) is 89.2 Å². The van der Waals surface area contributed by atoms with Crippen molar-refractivity contribution in [1.29, 1.82) is 5.26 Å². The van der Waals surface area contributed by atoms with Crippen LogP contribution >= 0.6 is 0 Å². The van der Waals surface area contributed by atoms with Crippen LogP contribution in [0.1, 0.15) is 15.9 Å². The Hall–Kier alpha value is -3.25. The first-order chi connectivity index (χ1) is 11.2. The summed E-state index contributed by atoms with van der Waals surface area (Å²) in [7, 11) is 0. The number of carbonyl (C=O) groups is 1. The van der Waals surface area contributed by atoms with Crippen molar-refractivity contribution in [3.8, 4) is 6.07 Å². The van der Waals surface area contributed by atoms with E-state index in [1.807, 2.05) is 48.5 Å². The van der Waals surface area contributed by atoms with Crippen LogP contribution in [0.5, 0.6) is 0 Å². The second kappa shape index (κ2) is 6.25. The molecule has 23 heavy (non-hydrogen) atoms. The number of rotatable bonds is 3. The number of hydrogen-bond acceptors (Lipinski definition) is 2. The highest BCUT2D eigenvalue weighted by Gasteiger charge is 2.16. The number of ketones is 1. The third-order valence-corrected chi connectivity index (χ3v) is 3.61. The number of fused-ring (bicyclic) bond motifs is 1. The molecule has 3 aromatic rings. The zero-order valence-corrected chi connectivity index (χ0v) is 12.2. The second-order valence-electron chi connectivity index (χ2n) is 5.05. The van der Waals surface area contributed by atoms with Gasteiger partial charge >= 0.3 is 0 Å². The molecular weight excluding hydrogens is 289 g/mol. The van der Waals surface area contributed by atoms with E-state index in [-0.39, 0.29) is 11.1 Å². The fourth-order valence-electron chi connectivity index (χ4n) is 2.47. The van der Waals surface area contributed by atoms with E-state index in [1.165, 1.54) is 24.3 Å². The minimum atomic E-state index is -0.628. The molecule has 0 saturated heterocycles. The normalized spacial score (nSPS) is 11.2. The molecule has 2 nitrogen and oxygen atoms in total. The van der Waals surface area contributed by atoms with Crippen molar-refractivity contribution in [1.82, 2.24) is 0 Å². The summed E-state index contributed by atoms with van der Waals surface area (Å²) >= 11 is 0. The predicted octanol–water partition coefficient (Wildman–Crippen LogP) is 4.77. The predicted molar refractivity (Wildman–Crippen MR) is 88.3 cm³/mol. The highest BCUT2D eigenvalue weighted by molar-refractivity contribution is 6.14. The lowest BCUT2D eigenvalue weighted by atomic mass is 9.98. The molecule has 0 spiro atoms. The fraction of sp³-hybridized carbons (Fsp3) is 0. The Kier molecular flexibility index (Phi) is 3.99. The van der Waals surface area contributed by atoms with Gasteiger partial charge in [0.05, 0.1) is 5.56 Å². The van der Waals surface area contributed by atoms with E-state index in [4.69, 9.17) is 0 Å². The maximum Gasteiger partial charge on any atom is 0.206 e. The highest BCUT2D eigenvalue weighted by Crippen LogP contribution is 2.22. The van der Waals surface area contributed by atoms with Crippen molar-refractivity contribution in [2.24, 2.45) is 0 Å². The number of allylic oxidation sites excluding steroid dienone is 1. The molecule has 0 atom stereocenters.